The molecule has 2 unspecified atom stereocenters. The van der Waals surface area contributed by atoms with Crippen molar-refractivity contribution in [2.45, 2.75) is 90.0 Å². The van der Waals surface area contributed by atoms with Crippen molar-refractivity contribution in [3.05, 3.63) is 524 Å². The molecule has 145 heavy (non-hydrogen) atoms. The monoisotopic (exact) mass is 1880 g/mol. The Kier molecular flexibility index (Phi) is 28.4. The lowest BCUT2D eigenvalue weighted by Gasteiger charge is -2.30. The Morgan fingerprint density at radius 1 is 0.193 bits per heavy atom. The molecule has 4 heterocycles. The number of aromatic nitrogens is 8. The molecule has 0 radical (unpaired) electrons. The lowest BCUT2D eigenvalue weighted by molar-refractivity contribution is 0.102. The summed E-state index contributed by atoms with van der Waals surface area (Å²) in [4.78, 5) is 77.2. The number of fused-ring (bicyclic) bond motifs is 19. The maximum absolute atomic E-state index is 12.5. The zero-order valence-corrected chi connectivity index (χ0v) is 83.8. The number of ketones is 3. The fourth-order valence-corrected chi connectivity index (χ4v) is 18.7. The molecule has 3 aliphatic carbocycles. The Bertz CT molecular complexity index is 8580. The minimum absolute atomic E-state index is 0.0377. The number of allylic oxidation sites excluding steroid dienone is 8. The summed E-state index contributed by atoms with van der Waals surface area (Å²) in [5.41, 5.74) is 37.4. The summed E-state index contributed by atoms with van der Waals surface area (Å²) < 4.78 is 0. The van der Waals surface area contributed by atoms with Crippen LogP contribution in [0.2, 0.25) is 0 Å². The highest BCUT2D eigenvalue weighted by Gasteiger charge is 2.32. The molecule has 0 spiro atoms. The van der Waals surface area contributed by atoms with Crippen LogP contribution in [0.1, 0.15) is 123 Å². The van der Waals surface area contributed by atoms with E-state index in [0.717, 1.165) is 133 Å². The van der Waals surface area contributed by atoms with Crippen LogP contribution in [0.15, 0.2) is 419 Å². The first kappa shape index (κ1) is 96.2. The van der Waals surface area contributed by atoms with Crippen molar-refractivity contribution in [2.24, 2.45) is 11.8 Å². The number of benzene rings is 18. The predicted octanol–water partition coefficient (Wildman–Crippen LogP) is 31.2. The number of aryl methyl sites for hydroxylation is 11. The molecule has 0 saturated carbocycles. The fraction of sp³-hybridized carbons (Fsp3) is 0.112. The lowest BCUT2D eigenvalue weighted by atomic mass is 9.74. The predicted molar refractivity (Wildman–Crippen MR) is 603 cm³/mol. The molecule has 0 fully saturated rings. The van der Waals surface area contributed by atoms with Gasteiger partial charge in [-0.1, -0.05) is 457 Å². The van der Waals surface area contributed by atoms with Crippen molar-refractivity contribution in [3.63, 3.8) is 0 Å². The highest BCUT2D eigenvalue weighted by Crippen LogP contribution is 2.41. The van der Waals surface area contributed by atoms with Gasteiger partial charge in [-0.25, -0.2) is 39.9 Å². The van der Waals surface area contributed by atoms with Gasteiger partial charge in [0.25, 0.3) is 0 Å². The number of carbonyl (C=O) groups is 3. The lowest BCUT2D eigenvalue weighted by Crippen LogP contribution is -2.44. The van der Waals surface area contributed by atoms with E-state index in [1.165, 1.54) is 104 Å². The van der Waals surface area contributed by atoms with Crippen LogP contribution in [0, 0.1) is 88.0 Å². The standard InChI is InChI=1S/C30H24N2.C22H16N2.C22H18N2.C22H18O2.C21H14N2.C15H14O.C2H6/c1-19-11-15-21(16-12-19)27-28(22-17-13-20(2)14-18-22)32-30-26-10-6-4-8-24(26)23-7-3-5-9-25(23)29(30)31-27;1-13-7-9-15-17(11-13)18-12-14(2)8-10-16(18)22-21(15)23-19-5-3-4-6-20(19)24-22;1-15-7-11-17(12-8-15)21-22(18-13-9-16(2)10-14-18)24-20-6-4-3-5-19(20)23-21;1-15-3-7-17(8-4-15)21(23)19-11-13-20(14-12-19)22(24)18-9-5-16(2)6-10-18;1-13-10-11-16-17(12-13)14-6-2-3-7-15(14)20-21(16)23-19-9-5-4-8-18(19)22-20;1-11-3-7-13(8-4-11)15(16)14-9-5-12(2)6-10-14;1-2/h3-18,23-24H,1-2H3;3-12H,1-2H3;2*3-14H,1-2H3;2-12H,1H3;3-10H,1-2H3;1-2H3. The third-order valence-electron chi connectivity index (χ3n) is 26.7. The molecule has 3 aliphatic rings. The number of hydrogen-bond acceptors (Lipinski definition) is 11. The average Bonchev–Trinajstić information content (AvgIpc) is 0.736. The van der Waals surface area contributed by atoms with Gasteiger partial charge < -0.3 is 0 Å². The second-order valence-corrected chi connectivity index (χ2v) is 37.5. The minimum atomic E-state index is -0.0377. The van der Waals surface area contributed by atoms with E-state index >= 15 is 0 Å². The Morgan fingerprint density at radius 3 is 0.655 bits per heavy atom. The summed E-state index contributed by atoms with van der Waals surface area (Å²) >= 11 is 0. The SMILES string of the molecule is CC.Cc1ccc(-c2nc3c(nc2-c2ccc(C)cc2)=C2C=CC=CC2C2C=CC=CC=32)cc1.Cc1ccc(-c2nc3ccccc3nc2-c2ccc(C)cc2)cc1.Cc1ccc(C(=O)c2ccc(C(=O)c3ccc(C)cc3)cc2)cc1.Cc1ccc(C(=O)c2ccc(C)cc2)cc1.Cc1ccc2c(c1)c1cc(C)ccc1c1nc3ccccc3nc21.Cc1ccc2c(c1)c1ccccc1c1nc3ccccc3nc21. The summed E-state index contributed by atoms with van der Waals surface area (Å²) in [6.45, 7) is 26.8. The summed E-state index contributed by atoms with van der Waals surface area (Å²) in [5, 5.41) is 11.7. The summed E-state index contributed by atoms with van der Waals surface area (Å²) in [6.07, 6.45) is 17.6. The summed E-state index contributed by atoms with van der Waals surface area (Å²) in [6, 6.07) is 124. The summed E-state index contributed by atoms with van der Waals surface area (Å²) in [7, 11) is 0. The minimum Gasteiger partial charge on any atom is -0.289 e. The van der Waals surface area contributed by atoms with Gasteiger partial charge in [-0.05, 0) is 145 Å². The highest BCUT2D eigenvalue weighted by atomic mass is 16.1. The molecule has 18 aromatic carbocycles. The van der Waals surface area contributed by atoms with Crippen molar-refractivity contribution in [1.29, 1.82) is 0 Å². The normalized spacial score (nSPS) is 12.9. The van der Waals surface area contributed by atoms with Crippen molar-refractivity contribution in [2.75, 3.05) is 0 Å². The van der Waals surface area contributed by atoms with Crippen LogP contribution in [0.5, 0.6) is 0 Å². The molecule has 11 heteroatoms. The van der Waals surface area contributed by atoms with E-state index in [-0.39, 0.29) is 17.3 Å². The molecule has 11 nitrogen and oxygen atoms in total. The van der Waals surface area contributed by atoms with E-state index < -0.39 is 0 Å². The Morgan fingerprint density at radius 2 is 0.393 bits per heavy atom. The maximum Gasteiger partial charge on any atom is 0.193 e. The second-order valence-electron chi connectivity index (χ2n) is 37.5. The Balaban J connectivity index is 0.000000111. The van der Waals surface area contributed by atoms with E-state index in [1.54, 1.807) is 24.3 Å². The molecular formula is C134H110N8O3. The van der Waals surface area contributed by atoms with Crippen LogP contribution in [-0.2, 0) is 0 Å². The molecular weight excluding hydrogens is 1770 g/mol. The largest absolute Gasteiger partial charge is 0.289 e. The first-order valence-corrected chi connectivity index (χ1v) is 49.5. The van der Waals surface area contributed by atoms with Crippen molar-refractivity contribution in [1.82, 2.24) is 39.9 Å². The smallest absolute Gasteiger partial charge is 0.193 e. The molecule has 0 amide bonds. The topological polar surface area (TPSA) is 154 Å². The molecule has 0 saturated heterocycles. The Labute approximate surface area is 846 Å². The highest BCUT2D eigenvalue weighted by molar-refractivity contribution is 6.25. The van der Waals surface area contributed by atoms with Gasteiger partial charge in [0, 0.05) is 89.0 Å². The van der Waals surface area contributed by atoms with Crippen LogP contribution in [0.3, 0.4) is 0 Å². The van der Waals surface area contributed by atoms with Gasteiger partial charge >= 0.3 is 0 Å². The van der Waals surface area contributed by atoms with Gasteiger partial charge in [0.2, 0.25) is 0 Å². The van der Waals surface area contributed by atoms with Gasteiger partial charge in [-0.2, -0.15) is 0 Å². The fourth-order valence-electron chi connectivity index (χ4n) is 18.7. The van der Waals surface area contributed by atoms with Crippen LogP contribution in [-0.4, -0.2) is 57.2 Å². The van der Waals surface area contributed by atoms with Gasteiger partial charge in [-0.3, -0.25) is 14.4 Å². The third-order valence-corrected chi connectivity index (χ3v) is 26.7. The maximum atomic E-state index is 12.5. The van der Waals surface area contributed by atoms with Crippen LogP contribution in [0.25, 0.3) is 154 Å². The van der Waals surface area contributed by atoms with E-state index in [9.17, 15) is 14.4 Å². The van der Waals surface area contributed by atoms with Gasteiger partial charge in [0.15, 0.2) is 17.3 Å². The molecule has 2 atom stereocenters. The first-order valence-electron chi connectivity index (χ1n) is 49.5. The Hall–Kier alpha value is -17.7. The molecule has 704 valence electrons. The number of para-hydroxylation sites is 6. The first-order chi connectivity index (χ1) is 70.6. The van der Waals surface area contributed by atoms with E-state index in [4.69, 9.17) is 39.9 Å². The molecule has 4 aromatic heterocycles. The number of rotatable bonds is 10. The summed E-state index contributed by atoms with van der Waals surface area (Å²) in [5.74, 6) is 0.608. The van der Waals surface area contributed by atoms with Crippen molar-refractivity contribution < 1.29 is 14.4 Å². The molecule has 0 N–H and O–H groups in total. The molecule has 22 aromatic rings. The zero-order valence-electron chi connectivity index (χ0n) is 83.8. The molecule has 0 aliphatic heterocycles. The van der Waals surface area contributed by atoms with Crippen LogP contribution in [0.4, 0.5) is 0 Å². The van der Waals surface area contributed by atoms with Crippen molar-refractivity contribution in [3.8, 4) is 45.0 Å². The average molecular weight is 1880 g/mol. The van der Waals surface area contributed by atoms with E-state index in [0.29, 0.717) is 34.1 Å². The quantitative estimate of drug-likeness (QED) is 0.0730. The van der Waals surface area contributed by atoms with Crippen molar-refractivity contribution >= 4 is 127 Å². The molecule has 25 rings (SSSR count). The van der Waals surface area contributed by atoms with Crippen LogP contribution < -0.4 is 10.7 Å². The third kappa shape index (κ3) is 20.9. The second kappa shape index (κ2) is 42.8. The number of carbonyl (C=O) groups excluding carboxylic acids is 3. The van der Waals surface area contributed by atoms with E-state index in [2.05, 4.69) is 273 Å². The van der Waals surface area contributed by atoms with Crippen LogP contribution >= 0.6 is 0 Å². The van der Waals surface area contributed by atoms with E-state index in [1.807, 2.05) is 211 Å². The zero-order chi connectivity index (χ0) is 100. The van der Waals surface area contributed by atoms with Gasteiger partial charge in [0.05, 0.1) is 88.6 Å². The molecule has 0 bridgehead atoms. The van der Waals surface area contributed by atoms with Gasteiger partial charge in [-0.15, -0.1) is 0 Å². The number of nitrogens with zero attached hydrogens (tertiary/aromatic N) is 8. The number of hydrogen-bond donors (Lipinski definition) is 0. The van der Waals surface area contributed by atoms with Gasteiger partial charge in [0.1, 0.15) is 0 Å².